The summed E-state index contributed by atoms with van der Waals surface area (Å²) in [5.74, 6) is 4.73. The lowest BCUT2D eigenvalue weighted by Gasteiger charge is -2.27. The number of rotatable bonds is 4. The van der Waals surface area contributed by atoms with Gasteiger partial charge in [0.15, 0.2) is 0 Å². The molecule has 1 fully saturated rings. The smallest absolute Gasteiger partial charge is 0.0202 e. The predicted octanol–water partition coefficient (Wildman–Crippen LogP) is 5.83. The number of hydrogen-bond donors (Lipinski definition) is 0. The van der Waals surface area contributed by atoms with Crippen molar-refractivity contribution in [1.29, 1.82) is 0 Å². The van der Waals surface area contributed by atoms with Gasteiger partial charge in [0.1, 0.15) is 0 Å². The molecule has 0 aromatic carbocycles. The van der Waals surface area contributed by atoms with Crippen molar-refractivity contribution >= 4 is 0 Å². The first-order valence-electron chi connectivity index (χ1n) is 8.29. The van der Waals surface area contributed by atoms with E-state index in [-0.39, 0.29) is 0 Å². The maximum Gasteiger partial charge on any atom is -0.0202 e. The van der Waals surface area contributed by atoms with Gasteiger partial charge in [-0.3, -0.25) is 0 Å². The van der Waals surface area contributed by atoms with Gasteiger partial charge >= 0.3 is 0 Å². The van der Waals surface area contributed by atoms with Gasteiger partial charge in [-0.2, -0.15) is 0 Å². The molecule has 2 aliphatic carbocycles. The summed E-state index contributed by atoms with van der Waals surface area (Å²) in [6.45, 7) is 9.64. The first-order chi connectivity index (χ1) is 8.60. The molecular formula is C18H32. The molecule has 0 radical (unpaired) electrons. The van der Waals surface area contributed by atoms with Crippen molar-refractivity contribution in [2.45, 2.75) is 72.6 Å². The van der Waals surface area contributed by atoms with Crippen LogP contribution in [-0.4, -0.2) is 0 Å². The van der Waals surface area contributed by atoms with Gasteiger partial charge in [0.2, 0.25) is 0 Å². The van der Waals surface area contributed by atoms with Crippen molar-refractivity contribution in [2.75, 3.05) is 0 Å². The third-order valence-electron chi connectivity index (χ3n) is 5.72. The van der Waals surface area contributed by atoms with Crippen LogP contribution in [0.1, 0.15) is 72.6 Å². The van der Waals surface area contributed by atoms with E-state index in [2.05, 4.69) is 33.8 Å². The molecule has 18 heavy (non-hydrogen) atoms. The lowest BCUT2D eigenvalue weighted by Crippen LogP contribution is -2.15. The zero-order chi connectivity index (χ0) is 13.1. The first-order valence-corrected chi connectivity index (χ1v) is 8.29. The molecule has 0 aromatic heterocycles. The average Bonchev–Trinajstić information content (AvgIpc) is 2.70. The summed E-state index contributed by atoms with van der Waals surface area (Å²) < 4.78 is 0. The molecule has 4 atom stereocenters. The summed E-state index contributed by atoms with van der Waals surface area (Å²) in [4.78, 5) is 0. The van der Waals surface area contributed by atoms with Crippen LogP contribution in [0.2, 0.25) is 0 Å². The van der Waals surface area contributed by atoms with Gasteiger partial charge < -0.3 is 0 Å². The topological polar surface area (TPSA) is 0 Å². The molecule has 0 spiro atoms. The van der Waals surface area contributed by atoms with E-state index in [1.165, 1.54) is 44.9 Å². The van der Waals surface area contributed by atoms with Crippen molar-refractivity contribution in [2.24, 2.45) is 29.6 Å². The van der Waals surface area contributed by atoms with Crippen LogP contribution < -0.4 is 0 Å². The Morgan fingerprint density at radius 2 is 1.89 bits per heavy atom. The van der Waals surface area contributed by atoms with E-state index in [9.17, 15) is 0 Å². The predicted molar refractivity (Wildman–Crippen MR) is 80.5 cm³/mol. The molecule has 0 amide bonds. The first kappa shape index (κ1) is 14.2. The van der Waals surface area contributed by atoms with Crippen LogP contribution in [0.15, 0.2) is 11.6 Å². The highest BCUT2D eigenvalue weighted by atomic mass is 14.4. The van der Waals surface area contributed by atoms with Crippen molar-refractivity contribution in [1.82, 2.24) is 0 Å². The van der Waals surface area contributed by atoms with Gasteiger partial charge in [0.25, 0.3) is 0 Å². The second kappa shape index (κ2) is 6.26. The molecule has 2 rings (SSSR count). The van der Waals surface area contributed by atoms with Crippen LogP contribution in [0.5, 0.6) is 0 Å². The van der Waals surface area contributed by atoms with E-state index >= 15 is 0 Å². The lowest BCUT2D eigenvalue weighted by atomic mass is 9.78. The van der Waals surface area contributed by atoms with Crippen LogP contribution in [0, 0.1) is 29.6 Å². The molecule has 0 N–H and O–H groups in total. The molecule has 0 bridgehead atoms. The molecule has 4 unspecified atom stereocenters. The SMILES string of the molecule is CCC(C)CC1=CC(C2CC(C)C(C)C2)CCC1. The third kappa shape index (κ3) is 3.39. The Bertz CT molecular complexity index is 278. The second-order valence-corrected chi connectivity index (χ2v) is 7.28. The molecule has 0 heteroatoms. The highest BCUT2D eigenvalue weighted by Gasteiger charge is 2.33. The number of allylic oxidation sites excluding steroid dienone is 2. The normalized spacial score (nSPS) is 38.6. The van der Waals surface area contributed by atoms with E-state index < -0.39 is 0 Å². The third-order valence-corrected chi connectivity index (χ3v) is 5.72. The van der Waals surface area contributed by atoms with Crippen molar-refractivity contribution in [3.05, 3.63) is 11.6 Å². The fourth-order valence-electron chi connectivity index (χ4n) is 4.03. The monoisotopic (exact) mass is 248 g/mol. The summed E-state index contributed by atoms with van der Waals surface area (Å²) in [5.41, 5.74) is 1.79. The van der Waals surface area contributed by atoms with Crippen LogP contribution >= 0.6 is 0 Å². The van der Waals surface area contributed by atoms with E-state index in [4.69, 9.17) is 0 Å². The van der Waals surface area contributed by atoms with Crippen molar-refractivity contribution in [3.63, 3.8) is 0 Å². The van der Waals surface area contributed by atoms with Gasteiger partial charge in [0, 0.05) is 0 Å². The summed E-state index contributed by atoms with van der Waals surface area (Å²) >= 11 is 0. The van der Waals surface area contributed by atoms with Crippen LogP contribution in [0.3, 0.4) is 0 Å². The molecular weight excluding hydrogens is 216 g/mol. The molecule has 0 aromatic rings. The molecule has 0 aliphatic heterocycles. The van der Waals surface area contributed by atoms with Gasteiger partial charge in [-0.15, -0.1) is 0 Å². The van der Waals surface area contributed by atoms with Crippen molar-refractivity contribution in [3.8, 4) is 0 Å². The molecule has 0 saturated heterocycles. The average molecular weight is 248 g/mol. The van der Waals surface area contributed by atoms with Gasteiger partial charge in [-0.25, -0.2) is 0 Å². The van der Waals surface area contributed by atoms with Crippen molar-refractivity contribution < 1.29 is 0 Å². The standard InChI is InChI=1S/C18H32/c1-5-13(2)9-16-7-6-8-17(12-16)18-10-14(3)15(4)11-18/h12-15,17-18H,5-11H2,1-4H3. The molecule has 1 saturated carbocycles. The maximum atomic E-state index is 2.70. The largest absolute Gasteiger partial charge is 0.0819 e. The highest BCUT2D eigenvalue weighted by Crippen LogP contribution is 2.44. The van der Waals surface area contributed by atoms with Crippen LogP contribution in [0.25, 0.3) is 0 Å². The van der Waals surface area contributed by atoms with E-state index in [1.54, 1.807) is 5.57 Å². The fourth-order valence-corrected chi connectivity index (χ4v) is 4.03. The summed E-state index contributed by atoms with van der Waals surface area (Å²) in [6.07, 6.45) is 12.7. The second-order valence-electron chi connectivity index (χ2n) is 7.28. The highest BCUT2D eigenvalue weighted by molar-refractivity contribution is 5.10. The zero-order valence-corrected chi connectivity index (χ0v) is 12.9. The summed E-state index contributed by atoms with van der Waals surface area (Å²) in [7, 11) is 0. The quantitative estimate of drug-likeness (QED) is 0.549. The lowest BCUT2D eigenvalue weighted by molar-refractivity contribution is 0.344. The van der Waals surface area contributed by atoms with Gasteiger partial charge in [-0.05, 0) is 68.1 Å². The fraction of sp³-hybridized carbons (Fsp3) is 0.889. The summed E-state index contributed by atoms with van der Waals surface area (Å²) in [5, 5.41) is 0. The minimum atomic E-state index is 0.886. The molecule has 104 valence electrons. The minimum Gasteiger partial charge on any atom is -0.0819 e. The maximum absolute atomic E-state index is 2.70. The zero-order valence-electron chi connectivity index (χ0n) is 12.9. The Balaban J connectivity index is 1.95. The minimum absolute atomic E-state index is 0.886. The van der Waals surface area contributed by atoms with Gasteiger partial charge in [-0.1, -0.05) is 45.8 Å². The van der Waals surface area contributed by atoms with Crippen LogP contribution in [-0.2, 0) is 0 Å². The van der Waals surface area contributed by atoms with Crippen LogP contribution in [0.4, 0.5) is 0 Å². The molecule has 0 nitrogen and oxygen atoms in total. The van der Waals surface area contributed by atoms with E-state index in [0.717, 1.165) is 29.6 Å². The molecule has 0 heterocycles. The Labute approximate surface area is 114 Å². The molecule has 2 aliphatic rings. The Hall–Kier alpha value is -0.260. The number of hydrogen-bond acceptors (Lipinski definition) is 0. The Kier molecular flexibility index (Phi) is 4.92. The van der Waals surface area contributed by atoms with E-state index in [1.807, 2.05) is 0 Å². The summed E-state index contributed by atoms with van der Waals surface area (Å²) in [6, 6.07) is 0. The Morgan fingerprint density at radius 3 is 2.50 bits per heavy atom. The van der Waals surface area contributed by atoms with E-state index in [0.29, 0.717) is 0 Å². The van der Waals surface area contributed by atoms with Gasteiger partial charge in [0.05, 0.1) is 0 Å². The Morgan fingerprint density at radius 1 is 1.22 bits per heavy atom.